The van der Waals surface area contributed by atoms with Gasteiger partial charge in [-0.2, -0.15) is 5.10 Å². The van der Waals surface area contributed by atoms with Gasteiger partial charge >= 0.3 is 0 Å². The molecule has 2 aromatic carbocycles. The Morgan fingerprint density at radius 1 is 1.00 bits per heavy atom. The van der Waals surface area contributed by atoms with Gasteiger partial charge in [-0.15, -0.1) is 0 Å². The zero-order valence-corrected chi connectivity index (χ0v) is 22.3. The normalized spacial score (nSPS) is 14.7. The first-order chi connectivity index (χ1) is 17.8. The highest BCUT2D eigenvalue weighted by Gasteiger charge is 2.17. The summed E-state index contributed by atoms with van der Waals surface area (Å²) < 4.78 is 27.3. The fourth-order valence-electron chi connectivity index (χ4n) is 4.61. The predicted molar refractivity (Wildman–Crippen MR) is 149 cm³/mol. The lowest BCUT2D eigenvalue weighted by Crippen LogP contribution is -2.44. The number of aromatic nitrogens is 3. The molecule has 0 spiro atoms. The Morgan fingerprint density at radius 2 is 1.78 bits per heavy atom. The highest BCUT2D eigenvalue weighted by atomic mass is 32.2. The molecule has 0 bridgehead atoms. The Balaban J connectivity index is 1.33. The Kier molecular flexibility index (Phi) is 7.03. The van der Waals surface area contributed by atoms with Crippen molar-refractivity contribution in [1.82, 2.24) is 19.5 Å². The highest BCUT2D eigenvalue weighted by molar-refractivity contribution is 7.92. The quantitative estimate of drug-likeness (QED) is 0.383. The van der Waals surface area contributed by atoms with Crippen LogP contribution in [-0.2, 0) is 23.0 Å². The second-order valence-corrected chi connectivity index (χ2v) is 11.6. The van der Waals surface area contributed by atoms with Gasteiger partial charge in [0.2, 0.25) is 10.0 Å². The van der Waals surface area contributed by atoms with Crippen LogP contribution in [0.5, 0.6) is 0 Å². The fourth-order valence-corrected chi connectivity index (χ4v) is 5.15. The number of pyridine rings is 1. The zero-order chi connectivity index (χ0) is 26.0. The topological polar surface area (TPSA) is 86.1 Å². The molecular formula is C27H33N7O2S. The van der Waals surface area contributed by atoms with E-state index in [-0.39, 0.29) is 0 Å². The molecule has 1 N–H and O–H groups in total. The van der Waals surface area contributed by atoms with Crippen LogP contribution in [0.4, 0.5) is 17.1 Å². The molecule has 0 aliphatic carbocycles. The third-order valence-electron chi connectivity index (χ3n) is 6.85. The van der Waals surface area contributed by atoms with Crippen molar-refractivity contribution in [2.75, 3.05) is 61.1 Å². The molecule has 0 atom stereocenters. The SMILES string of the molecule is CN1CCN(c2cccc(Cc3nc4c(NCc5ccccc5N(C)S(C)(=O)=O)cccn4n3)c2)CC1. The van der Waals surface area contributed by atoms with Crippen molar-refractivity contribution < 1.29 is 8.42 Å². The van der Waals surface area contributed by atoms with Crippen LogP contribution in [0.25, 0.3) is 5.65 Å². The van der Waals surface area contributed by atoms with E-state index < -0.39 is 10.0 Å². The van der Waals surface area contributed by atoms with Crippen molar-refractivity contribution in [3.63, 3.8) is 0 Å². The number of likely N-dealkylation sites (N-methyl/N-ethyl adjacent to an activating group) is 1. The first-order valence-corrected chi connectivity index (χ1v) is 14.2. The van der Waals surface area contributed by atoms with E-state index in [1.165, 1.54) is 21.8 Å². The average molecular weight is 520 g/mol. The van der Waals surface area contributed by atoms with Crippen LogP contribution in [0.3, 0.4) is 0 Å². The van der Waals surface area contributed by atoms with Crippen LogP contribution in [-0.4, -0.2) is 74.4 Å². The molecule has 0 saturated carbocycles. The van der Waals surface area contributed by atoms with E-state index in [1.54, 1.807) is 11.6 Å². The van der Waals surface area contributed by atoms with Crippen LogP contribution in [0.15, 0.2) is 66.9 Å². The smallest absolute Gasteiger partial charge is 0.232 e. The van der Waals surface area contributed by atoms with Crippen LogP contribution in [0.1, 0.15) is 17.0 Å². The summed E-state index contributed by atoms with van der Waals surface area (Å²) in [7, 11) is 0.372. The third-order valence-corrected chi connectivity index (χ3v) is 8.04. The lowest BCUT2D eigenvalue weighted by molar-refractivity contribution is 0.313. The molecule has 1 aliphatic rings. The number of hydrogen-bond donors (Lipinski definition) is 1. The minimum absolute atomic E-state index is 0.449. The van der Waals surface area contributed by atoms with Crippen LogP contribution in [0.2, 0.25) is 0 Å². The van der Waals surface area contributed by atoms with Crippen molar-refractivity contribution in [2.45, 2.75) is 13.0 Å². The number of fused-ring (bicyclic) bond motifs is 1. The van der Waals surface area contributed by atoms with Gasteiger partial charge in [-0.05, 0) is 48.5 Å². The molecule has 10 heteroatoms. The highest BCUT2D eigenvalue weighted by Crippen LogP contribution is 2.24. The maximum atomic E-state index is 12.1. The van der Waals surface area contributed by atoms with E-state index >= 15 is 0 Å². The van der Waals surface area contributed by atoms with Gasteiger partial charge in [0.1, 0.15) is 0 Å². The summed E-state index contributed by atoms with van der Waals surface area (Å²) in [5, 5.41) is 8.14. The van der Waals surface area contributed by atoms with Gasteiger partial charge in [0, 0.05) is 58.1 Å². The molecule has 37 heavy (non-hydrogen) atoms. The van der Waals surface area contributed by atoms with E-state index in [9.17, 15) is 8.42 Å². The van der Waals surface area contributed by atoms with Crippen molar-refractivity contribution in [2.24, 2.45) is 0 Å². The maximum Gasteiger partial charge on any atom is 0.232 e. The molecule has 5 rings (SSSR count). The Labute approximate surface area is 218 Å². The summed E-state index contributed by atoms with van der Waals surface area (Å²) >= 11 is 0. The monoisotopic (exact) mass is 519 g/mol. The third kappa shape index (κ3) is 5.70. The molecule has 3 heterocycles. The van der Waals surface area contributed by atoms with E-state index in [2.05, 4.69) is 46.4 Å². The van der Waals surface area contributed by atoms with E-state index in [0.717, 1.165) is 48.9 Å². The van der Waals surface area contributed by atoms with E-state index in [0.29, 0.717) is 18.7 Å². The molecule has 0 unspecified atom stereocenters. The zero-order valence-electron chi connectivity index (χ0n) is 21.5. The summed E-state index contributed by atoms with van der Waals surface area (Å²) in [6, 6.07) is 20.0. The molecule has 1 aliphatic heterocycles. The van der Waals surface area contributed by atoms with Gasteiger partial charge in [0.25, 0.3) is 0 Å². The number of nitrogens with one attached hydrogen (secondary N) is 1. The lowest BCUT2D eigenvalue weighted by Gasteiger charge is -2.34. The fraction of sp³-hybridized carbons (Fsp3) is 0.333. The number of piperazine rings is 1. The van der Waals surface area contributed by atoms with Gasteiger partial charge in [0.15, 0.2) is 11.5 Å². The summed E-state index contributed by atoms with van der Waals surface area (Å²) in [4.78, 5) is 9.62. The van der Waals surface area contributed by atoms with E-state index in [4.69, 9.17) is 10.1 Å². The van der Waals surface area contributed by atoms with Crippen LogP contribution < -0.4 is 14.5 Å². The van der Waals surface area contributed by atoms with Gasteiger partial charge in [-0.3, -0.25) is 4.31 Å². The first kappa shape index (κ1) is 25.0. The standard InChI is InChI=1S/C27H33N7O2S/c1-31-14-16-33(17-15-31)23-10-6-8-21(18-23)19-26-29-27-24(11-7-13-34(27)30-26)28-20-22-9-4-5-12-25(22)32(2)37(3,35)36/h4-13,18,28H,14-17,19-20H2,1-3H3. The molecule has 1 saturated heterocycles. The van der Waals surface area contributed by atoms with Crippen LogP contribution in [0, 0.1) is 0 Å². The van der Waals surface area contributed by atoms with Gasteiger partial charge < -0.3 is 15.1 Å². The molecule has 4 aromatic rings. The average Bonchev–Trinajstić information content (AvgIpc) is 3.30. The molecule has 2 aromatic heterocycles. The molecule has 0 radical (unpaired) electrons. The number of hydrogen-bond acceptors (Lipinski definition) is 7. The molecule has 1 fully saturated rings. The van der Waals surface area contributed by atoms with E-state index in [1.807, 2.05) is 42.6 Å². The number of anilines is 3. The summed E-state index contributed by atoms with van der Waals surface area (Å²) in [6.45, 7) is 4.66. The maximum absolute atomic E-state index is 12.1. The molecule has 194 valence electrons. The van der Waals surface area contributed by atoms with Crippen molar-refractivity contribution in [3.05, 3.63) is 83.8 Å². The lowest BCUT2D eigenvalue weighted by atomic mass is 10.1. The first-order valence-electron chi connectivity index (χ1n) is 12.4. The number of nitrogens with zero attached hydrogens (tertiary/aromatic N) is 6. The molecular weight excluding hydrogens is 486 g/mol. The number of benzene rings is 2. The van der Waals surface area contributed by atoms with Crippen LogP contribution >= 0.6 is 0 Å². The van der Waals surface area contributed by atoms with Crippen molar-refractivity contribution in [3.8, 4) is 0 Å². The van der Waals surface area contributed by atoms with Gasteiger partial charge in [-0.1, -0.05) is 30.3 Å². The number of sulfonamides is 1. The van der Waals surface area contributed by atoms with Gasteiger partial charge in [-0.25, -0.2) is 17.9 Å². The minimum atomic E-state index is -3.36. The summed E-state index contributed by atoms with van der Waals surface area (Å²) in [5.74, 6) is 0.752. The van der Waals surface area contributed by atoms with Crippen molar-refractivity contribution >= 4 is 32.7 Å². The minimum Gasteiger partial charge on any atom is -0.378 e. The second-order valence-electron chi connectivity index (χ2n) is 9.57. The molecule has 9 nitrogen and oxygen atoms in total. The Hall–Kier alpha value is -3.63. The van der Waals surface area contributed by atoms with Crippen molar-refractivity contribution in [1.29, 1.82) is 0 Å². The predicted octanol–water partition coefficient (Wildman–Crippen LogP) is 3.08. The largest absolute Gasteiger partial charge is 0.378 e. The number of rotatable bonds is 8. The van der Waals surface area contributed by atoms with Gasteiger partial charge in [0.05, 0.1) is 17.6 Å². The molecule has 0 amide bonds. The summed E-state index contributed by atoms with van der Waals surface area (Å²) in [6.07, 6.45) is 3.74. The Bertz CT molecular complexity index is 1490. The second kappa shape index (κ2) is 10.4. The number of para-hydroxylation sites is 1. The Morgan fingerprint density at radius 3 is 2.57 bits per heavy atom. The summed E-state index contributed by atoms with van der Waals surface area (Å²) in [5.41, 5.74) is 5.52.